The highest BCUT2D eigenvalue weighted by Gasteiger charge is 2.28. The van der Waals surface area contributed by atoms with E-state index < -0.39 is 0 Å². The zero-order chi connectivity index (χ0) is 11.0. The van der Waals surface area contributed by atoms with E-state index in [0.29, 0.717) is 12.3 Å². The minimum absolute atomic E-state index is 0.391. The molecule has 2 nitrogen and oxygen atoms in total. The summed E-state index contributed by atoms with van der Waals surface area (Å²) >= 11 is 0. The predicted octanol–water partition coefficient (Wildman–Crippen LogP) is 2.43. The molecule has 0 aliphatic carbocycles. The summed E-state index contributed by atoms with van der Waals surface area (Å²) in [6, 6.07) is 4.32. The van der Waals surface area contributed by atoms with Gasteiger partial charge in [-0.05, 0) is 30.5 Å². The van der Waals surface area contributed by atoms with Gasteiger partial charge in [-0.25, -0.2) is 0 Å². The minimum Gasteiger partial charge on any atom is -0.374 e. The third-order valence-electron chi connectivity index (χ3n) is 3.30. The van der Waals surface area contributed by atoms with Gasteiger partial charge >= 0.3 is 0 Å². The van der Waals surface area contributed by atoms with Gasteiger partial charge in [0.05, 0.1) is 0 Å². The largest absolute Gasteiger partial charge is 0.374 e. The standard InChI is InChI=1S/C13H17NO/c1-9-4-5-10(2)13-12(9)11(6-7-15)8-14(13)3/h4-5,7,11H,6,8H2,1-3H3. The Morgan fingerprint density at radius 2 is 2.07 bits per heavy atom. The molecule has 0 N–H and O–H groups in total. The lowest BCUT2D eigenvalue weighted by Gasteiger charge is -2.15. The van der Waals surface area contributed by atoms with Crippen LogP contribution in [0.5, 0.6) is 0 Å². The quantitative estimate of drug-likeness (QED) is 0.688. The van der Waals surface area contributed by atoms with Gasteiger partial charge in [-0.2, -0.15) is 0 Å². The molecule has 0 saturated heterocycles. The summed E-state index contributed by atoms with van der Waals surface area (Å²) in [4.78, 5) is 12.9. The fourth-order valence-electron chi connectivity index (χ4n) is 2.66. The molecule has 0 fully saturated rings. The highest BCUT2D eigenvalue weighted by atomic mass is 16.1. The second-order valence-electron chi connectivity index (χ2n) is 4.44. The maximum absolute atomic E-state index is 10.7. The lowest BCUT2D eigenvalue weighted by Crippen LogP contribution is -2.16. The van der Waals surface area contributed by atoms with Crippen molar-refractivity contribution in [1.29, 1.82) is 0 Å². The molecule has 1 aromatic rings. The van der Waals surface area contributed by atoms with E-state index in [1.54, 1.807) is 0 Å². The summed E-state index contributed by atoms with van der Waals surface area (Å²) in [5, 5.41) is 0. The van der Waals surface area contributed by atoms with Crippen LogP contribution in [0.3, 0.4) is 0 Å². The number of anilines is 1. The van der Waals surface area contributed by atoms with Gasteiger partial charge < -0.3 is 9.69 Å². The van der Waals surface area contributed by atoms with E-state index in [9.17, 15) is 4.79 Å². The van der Waals surface area contributed by atoms with Gasteiger partial charge in [-0.3, -0.25) is 0 Å². The van der Waals surface area contributed by atoms with E-state index in [-0.39, 0.29) is 0 Å². The molecule has 2 rings (SSSR count). The molecule has 0 amide bonds. The fraction of sp³-hybridized carbons (Fsp3) is 0.462. The molecular formula is C13H17NO. The summed E-state index contributed by atoms with van der Waals surface area (Å²) in [5.41, 5.74) is 5.34. The lowest BCUT2D eigenvalue weighted by molar-refractivity contribution is -0.108. The van der Waals surface area contributed by atoms with Crippen molar-refractivity contribution in [1.82, 2.24) is 0 Å². The number of fused-ring (bicyclic) bond motifs is 1. The van der Waals surface area contributed by atoms with Crippen LogP contribution < -0.4 is 4.90 Å². The number of carbonyl (C=O) groups excluding carboxylic acids is 1. The first kappa shape index (κ1) is 10.2. The number of likely N-dealkylation sites (N-methyl/N-ethyl adjacent to an activating group) is 1. The van der Waals surface area contributed by atoms with E-state index in [2.05, 4.69) is 37.9 Å². The van der Waals surface area contributed by atoms with E-state index in [0.717, 1.165) is 12.8 Å². The number of rotatable bonds is 2. The minimum atomic E-state index is 0.391. The molecule has 0 radical (unpaired) electrons. The van der Waals surface area contributed by atoms with Crippen molar-refractivity contribution < 1.29 is 4.79 Å². The molecule has 2 heteroatoms. The molecule has 80 valence electrons. The smallest absolute Gasteiger partial charge is 0.120 e. The van der Waals surface area contributed by atoms with Crippen LogP contribution >= 0.6 is 0 Å². The molecule has 1 atom stereocenters. The Hall–Kier alpha value is -1.31. The van der Waals surface area contributed by atoms with E-state index >= 15 is 0 Å². The van der Waals surface area contributed by atoms with Gasteiger partial charge in [0.1, 0.15) is 6.29 Å². The number of hydrogen-bond donors (Lipinski definition) is 0. The molecule has 0 aromatic heterocycles. The van der Waals surface area contributed by atoms with Crippen molar-refractivity contribution in [3.8, 4) is 0 Å². The highest BCUT2D eigenvalue weighted by Crippen LogP contribution is 2.40. The molecule has 0 bridgehead atoms. The number of benzene rings is 1. The van der Waals surface area contributed by atoms with E-state index in [1.165, 1.54) is 22.4 Å². The molecule has 15 heavy (non-hydrogen) atoms. The Morgan fingerprint density at radius 1 is 1.40 bits per heavy atom. The average molecular weight is 203 g/mol. The van der Waals surface area contributed by atoms with Crippen molar-refractivity contribution in [3.63, 3.8) is 0 Å². The third kappa shape index (κ3) is 1.54. The summed E-state index contributed by atoms with van der Waals surface area (Å²) in [6.45, 7) is 5.24. The number of hydrogen-bond acceptors (Lipinski definition) is 2. The Bertz CT molecular complexity index is 398. The van der Waals surface area contributed by atoms with Crippen LogP contribution in [0, 0.1) is 13.8 Å². The Labute approximate surface area is 90.9 Å². The molecular weight excluding hydrogens is 186 g/mol. The average Bonchev–Trinajstić information content (AvgIpc) is 2.51. The summed E-state index contributed by atoms with van der Waals surface area (Å²) in [6.07, 6.45) is 1.68. The first-order valence-corrected chi connectivity index (χ1v) is 5.40. The van der Waals surface area contributed by atoms with Crippen molar-refractivity contribution >= 4 is 12.0 Å². The third-order valence-corrected chi connectivity index (χ3v) is 3.30. The summed E-state index contributed by atoms with van der Waals surface area (Å²) in [5.74, 6) is 0.391. The van der Waals surface area contributed by atoms with Gasteiger partial charge in [0.25, 0.3) is 0 Å². The van der Waals surface area contributed by atoms with Crippen molar-refractivity contribution in [2.75, 3.05) is 18.5 Å². The number of carbonyl (C=O) groups is 1. The topological polar surface area (TPSA) is 20.3 Å². The summed E-state index contributed by atoms with van der Waals surface area (Å²) in [7, 11) is 2.11. The Morgan fingerprint density at radius 3 is 2.73 bits per heavy atom. The summed E-state index contributed by atoms with van der Waals surface area (Å²) < 4.78 is 0. The number of nitrogens with zero attached hydrogens (tertiary/aromatic N) is 1. The molecule has 1 unspecified atom stereocenters. The Kier molecular flexibility index (Phi) is 2.51. The van der Waals surface area contributed by atoms with E-state index in [1.807, 2.05) is 0 Å². The van der Waals surface area contributed by atoms with E-state index in [4.69, 9.17) is 0 Å². The van der Waals surface area contributed by atoms with Gasteiger partial charge in [0.2, 0.25) is 0 Å². The first-order chi connectivity index (χ1) is 7.15. The maximum Gasteiger partial charge on any atom is 0.120 e. The van der Waals surface area contributed by atoms with Crippen LogP contribution in [0.1, 0.15) is 29.0 Å². The Balaban J connectivity index is 2.53. The van der Waals surface area contributed by atoms with Crippen LogP contribution in [0.25, 0.3) is 0 Å². The highest BCUT2D eigenvalue weighted by molar-refractivity contribution is 5.68. The van der Waals surface area contributed by atoms with Crippen LogP contribution in [-0.4, -0.2) is 19.9 Å². The van der Waals surface area contributed by atoms with Gasteiger partial charge in [-0.1, -0.05) is 12.1 Å². The van der Waals surface area contributed by atoms with Crippen LogP contribution in [0.2, 0.25) is 0 Å². The molecule has 1 aliphatic heterocycles. The molecule has 1 aromatic carbocycles. The van der Waals surface area contributed by atoms with Crippen LogP contribution in [0.15, 0.2) is 12.1 Å². The SMILES string of the molecule is Cc1ccc(C)c2c1C(CC=O)CN2C. The van der Waals surface area contributed by atoms with Gasteiger partial charge in [0, 0.05) is 31.6 Å². The van der Waals surface area contributed by atoms with Gasteiger partial charge in [0.15, 0.2) is 0 Å². The molecule has 1 aliphatic rings. The van der Waals surface area contributed by atoms with Crippen LogP contribution in [-0.2, 0) is 4.79 Å². The monoisotopic (exact) mass is 203 g/mol. The second kappa shape index (κ2) is 3.69. The zero-order valence-electron chi connectivity index (χ0n) is 9.58. The molecule has 0 spiro atoms. The maximum atomic E-state index is 10.7. The molecule has 0 saturated carbocycles. The second-order valence-corrected chi connectivity index (χ2v) is 4.44. The van der Waals surface area contributed by atoms with Gasteiger partial charge in [-0.15, -0.1) is 0 Å². The van der Waals surface area contributed by atoms with Crippen molar-refractivity contribution in [2.45, 2.75) is 26.2 Å². The van der Waals surface area contributed by atoms with Crippen molar-refractivity contribution in [2.24, 2.45) is 0 Å². The fourth-order valence-corrected chi connectivity index (χ4v) is 2.66. The normalized spacial score (nSPS) is 19.1. The van der Waals surface area contributed by atoms with Crippen molar-refractivity contribution in [3.05, 3.63) is 28.8 Å². The first-order valence-electron chi connectivity index (χ1n) is 5.40. The lowest BCUT2D eigenvalue weighted by atomic mass is 9.93. The number of aldehydes is 1. The van der Waals surface area contributed by atoms with Crippen LogP contribution in [0.4, 0.5) is 5.69 Å². The predicted molar refractivity (Wildman–Crippen MR) is 62.6 cm³/mol. The molecule has 1 heterocycles. The zero-order valence-corrected chi connectivity index (χ0v) is 9.58. The number of aryl methyl sites for hydroxylation is 2.